The lowest BCUT2D eigenvalue weighted by molar-refractivity contribution is -0.123. The first-order chi connectivity index (χ1) is 8.56. The molecule has 0 aliphatic rings. The summed E-state index contributed by atoms with van der Waals surface area (Å²) in [5.41, 5.74) is 0.712. The van der Waals surface area contributed by atoms with Crippen molar-refractivity contribution in [3.63, 3.8) is 0 Å². The molecule has 0 saturated heterocycles. The molecule has 6 nitrogen and oxygen atoms in total. The van der Waals surface area contributed by atoms with Crippen LogP contribution in [0.25, 0.3) is 0 Å². The minimum Gasteiger partial charge on any atom is -0.354 e. The Morgan fingerprint density at radius 1 is 1.28 bits per heavy atom. The smallest absolute Gasteiger partial charge is 0.265 e. The SMILES string of the molecule is CCc1nnsc1C(=O)NCCNC(=O)C(C)C. The molecule has 1 aromatic heterocycles. The third kappa shape index (κ3) is 4.06. The first-order valence-corrected chi connectivity index (χ1v) is 6.70. The number of carbonyl (C=O) groups is 2. The predicted octanol–water partition coefficient (Wildman–Crippen LogP) is 0.602. The monoisotopic (exact) mass is 270 g/mol. The van der Waals surface area contributed by atoms with E-state index in [0.29, 0.717) is 30.1 Å². The van der Waals surface area contributed by atoms with E-state index in [9.17, 15) is 9.59 Å². The molecule has 0 aromatic carbocycles. The third-order valence-electron chi connectivity index (χ3n) is 2.33. The van der Waals surface area contributed by atoms with Gasteiger partial charge in [-0.05, 0) is 18.0 Å². The quantitative estimate of drug-likeness (QED) is 0.742. The summed E-state index contributed by atoms with van der Waals surface area (Å²) < 4.78 is 3.75. The molecule has 100 valence electrons. The molecule has 2 amide bonds. The van der Waals surface area contributed by atoms with Gasteiger partial charge in [-0.2, -0.15) is 0 Å². The first-order valence-electron chi connectivity index (χ1n) is 5.93. The third-order valence-corrected chi connectivity index (χ3v) is 3.10. The van der Waals surface area contributed by atoms with Gasteiger partial charge in [0, 0.05) is 19.0 Å². The van der Waals surface area contributed by atoms with E-state index < -0.39 is 0 Å². The highest BCUT2D eigenvalue weighted by atomic mass is 32.1. The van der Waals surface area contributed by atoms with E-state index in [1.165, 1.54) is 0 Å². The van der Waals surface area contributed by atoms with Crippen molar-refractivity contribution < 1.29 is 9.59 Å². The Bertz CT molecular complexity index is 417. The number of rotatable bonds is 6. The van der Waals surface area contributed by atoms with E-state index in [1.807, 2.05) is 20.8 Å². The predicted molar refractivity (Wildman–Crippen MR) is 69.5 cm³/mol. The molecule has 1 heterocycles. The topological polar surface area (TPSA) is 84.0 Å². The van der Waals surface area contributed by atoms with Gasteiger partial charge in [0.1, 0.15) is 4.88 Å². The van der Waals surface area contributed by atoms with Crippen LogP contribution in [0.4, 0.5) is 0 Å². The van der Waals surface area contributed by atoms with E-state index >= 15 is 0 Å². The van der Waals surface area contributed by atoms with Gasteiger partial charge in [0.15, 0.2) is 0 Å². The van der Waals surface area contributed by atoms with Gasteiger partial charge in [-0.3, -0.25) is 9.59 Å². The molecular weight excluding hydrogens is 252 g/mol. The molecule has 0 fully saturated rings. The van der Waals surface area contributed by atoms with Crippen LogP contribution in [0.3, 0.4) is 0 Å². The fourth-order valence-corrected chi connectivity index (χ4v) is 1.93. The largest absolute Gasteiger partial charge is 0.354 e. The summed E-state index contributed by atoms with van der Waals surface area (Å²) >= 11 is 1.09. The van der Waals surface area contributed by atoms with Crippen LogP contribution in [-0.4, -0.2) is 34.5 Å². The second-order valence-corrected chi connectivity index (χ2v) is 4.86. The van der Waals surface area contributed by atoms with Crippen molar-refractivity contribution in [3.05, 3.63) is 10.6 Å². The Balaban J connectivity index is 2.32. The zero-order valence-corrected chi connectivity index (χ0v) is 11.6. The summed E-state index contributed by atoms with van der Waals surface area (Å²) in [4.78, 5) is 23.6. The molecule has 0 spiro atoms. The van der Waals surface area contributed by atoms with E-state index in [2.05, 4.69) is 20.2 Å². The molecule has 7 heteroatoms. The maximum Gasteiger partial charge on any atom is 0.265 e. The van der Waals surface area contributed by atoms with Crippen molar-refractivity contribution in [1.82, 2.24) is 20.2 Å². The highest BCUT2D eigenvalue weighted by molar-refractivity contribution is 7.08. The van der Waals surface area contributed by atoms with E-state index in [0.717, 1.165) is 11.5 Å². The Hall–Kier alpha value is -1.50. The number of amides is 2. The van der Waals surface area contributed by atoms with Crippen LogP contribution in [-0.2, 0) is 11.2 Å². The lowest BCUT2D eigenvalue weighted by atomic mass is 10.2. The minimum absolute atomic E-state index is 0.0158. The zero-order chi connectivity index (χ0) is 13.5. The first kappa shape index (κ1) is 14.6. The van der Waals surface area contributed by atoms with Crippen LogP contribution in [0.2, 0.25) is 0 Å². The standard InChI is InChI=1S/C11H18N4O2S/c1-4-8-9(18-15-14-8)11(17)13-6-5-12-10(16)7(2)3/h7H,4-6H2,1-3H3,(H,12,16)(H,13,17). The highest BCUT2D eigenvalue weighted by Gasteiger charge is 2.14. The summed E-state index contributed by atoms with van der Waals surface area (Å²) in [7, 11) is 0. The molecule has 0 bridgehead atoms. The molecule has 0 atom stereocenters. The second kappa shape index (κ2) is 7.05. The van der Waals surface area contributed by atoms with Gasteiger partial charge in [0.2, 0.25) is 5.91 Å². The number of nitrogens with zero attached hydrogens (tertiary/aromatic N) is 2. The molecule has 18 heavy (non-hydrogen) atoms. The fourth-order valence-electron chi connectivity index (χ4n) is 1.26. The number of nitrogens with one attached hydrogen (secondary N) is 2. The second-order valence-electron chi connectivity index (χ2n) is 4.10. The van der Waals surface area contributed by atoms with Gasteiger partial charge in [-0.25, -0.2) is 0 Å². The minimum atomic E-state index is -0.180. The van der Waals surface area contributed by atoms with Crippen molar-refractivity contribution in [1.29, 1.82) is 0 Å². The van der Waals surface area contributed by atoms with E-state index in [-0.39, 0.29) is 17.7 Å². The Morgan fingerprint density at radius 3 is 2.56 bits per heavy atom. The summed E-state index contributed by atoms with van der Waals surface area (Å²) in [5, 5.41) is 9.33. The molecule has 1 aromatic rings. The van der Waals surface area contributed by atoms with Crippen LogP contribution in [0.5, 0.6) is 0 Å². The lowest BCUT2D eigenvalue weighted by Gasteiger charge is -2.08. The van der Waals surface area contributed by atoms with Crippen molar-refractivity contribution in [2.45, 2.75) is 27.2 Å². The van der Waals surface area contributed by atoms with Crippen LogP contribution in [0.1, 0.15) is 36.1 Å². The van der Waals surface area contributed by atoms with Gasteiger partial charge in [0.05, 0.1) is 5.69 Å². The lowest BCUT2D eigenvalue weighted by Crippen LogP contribution is -2.36. The summed E-state index contributed by atoms with van der Waals surface area (Å²) in [5.74, 6) is -0.239. The molecule has 2 N–H and O–H groups in total. The molecule has 1 rings (SSSR count). The van der Waals surface area contributed by atoms with Gasteiger partial charge >= 0.3 is 0 Å². The van der Waals surface area contributed by atoms with Crippen LogP contribution in [0, 0.1) is 5.92 Å². The molecule has 0 unspecified atom stereocenters. The molecule has 0 radical (unpaired) electrons. The molecule has 0 aliphatic carbocycles. The van der Waals surface area contributed by atoms with Gasteiger partial charge in [-0.15, -0.1) is 5.10 Å². The zero-order valence-electron chi connectivity index (χ0n) is 10.8. The number of carbonyl (C=O) groups excluding carboxylic acids is 2. The van der Waals surface area contributed by atoms with Crippen LogP contribution in [0.15, 0.2) is 0 Å². The van der Waals surface area contributed by atoms with Crippen LogP contribution < -0.4 is 10.6 Å². The summed E-state index contributed by atoms with van der Waals surface area (Å²) in [6.07, 6.45) is 0.684. The summed E-state index contributed by atoms with van der Waals surface area (Å²) in [6.45, 7) is 6.40. The van der Waals surface area contributed by atoms with Crippen molar-refractivity contribution >= 4 is 23.3 Å². The molecule has 0 aliphatic heterocycles. The number of aryl methyl sites for hydroxylation is 1. The van der Waals surface area contributed by atoms with Crippen molar-refractivity contribution in [2.75, 3.05) is 13.1 Å². The summed E-state index contributed by atoms with van der Waals surface area (Å²) in [6, 6.07) is 0. The average Bonchev–Trinajstić information content (AvgIpc) is 2.82. The number of hydrogen-bond donors (Lipinski definition) is 2. The van der Waals surface area contributed by atoms with Crippen molar-refractivity contribution in [3.8, 4) is 0 Å². The van der Waals surface area contributed by atoms with Crippen molar-refractivity contribution in [2.24, 2.45) is 5.92 Å². The van der Waals surface area contributed by atoms with Gasteiger partial charge in [-0.1, -0.05) is 25.3 Å². The van der Waals surface area contributed by atoms with E-state index in [1.54, 1.807) is 0 Å². The highest BCUT2D eigenvalue weighted by Crippen LogP contribution is 2.10. The maximum atomic E-state index is 11.8. The van der Waals surface area contributed by atoms with Crippen LogP contribution >= 0.6 is 11.5 Å². The normalized spacial score (nSPS) is 10.4. The molecule has 0 saturated carbocycles. The Kier molecular flexibility index (Phi) is 5.70. The number of hydrogen-bond acceptors (Lipinski definition) is 5. The van der Waals surface area contributed by atoms with Gasteiger partial charge < -0.3 is 10.6 Å². The maximum absolute atomic E-state index is 11.8. The van der Waals surface area contributed by atoms with E-state index in [4.69, 9.17) is 0 Å². The fraction of sp³-hybridized carbons (Fsp3) is 0.636. The van der Waals surface area contributed by atoms with Gasteiger partial charge in [0.25, 0.3) is 5.91 Å². The number of aromatic nitrogens is 2. The average molecular weight is 270 g/mol. The Labute approximate surface area is 110 Å². The molecular formula is C11H18N4O2S. The Morgan fingerprint density at radius 2 is 1.94 bits per heavy atom.